The molecule has 0 radical (unpaired) electrons. The summed E-state index contributed by atoms with van der Waals surface area (Å²) in [5.74, 6) is 0.922. The molecule has 0 aliphatic heterocycles. The number of anilines is 1. The van der Waals surface area contributed by atoms with Gasteiger partial charge in [0.1, 0.15) is 5.82 Å². The molecule has 0 bridgehead atoms. The van der Waals surface area contributed by atoms with E-state index in [1.165, 1.54) is 0 Å². The normalized spacial score (nSPS) is 11.0. The summed E-state index contributed by atoms with van der Waals surface area (Å²) in [6, 6.07) is 0.450. The minimum atomic E-state index is 0.450. The van der Waals surface area contributed by atoms with Crippen LogP contribution >= 0.6 is 0 Å². The summed E-state index contributed by atoms with van der Waals surface area (Å²) in [7, 11) is 0. The van der Waals surface area contributed by atoms with Crippen LogP contribution in [0.3, 0.4) is 0 Å². The molecular weight excluding hydrogens is 240 g/mol. The van der Waals surface area contributed by atoms with Crippen LogP contribution in [0.1, 0.15) is 33.4 Å². The van der Waals surface area contributed by atoms with E-state index in [9.17, 15) is 0 Å². The molecule has 0 atom stereocenters. The Kier molecular flexibility index (Phi) is 7.36. The topological polar surface area (TPSA) is 50.3 Å². The molecule has 19 heavy (non-hydrogen) atoms. The quantitative estimate of drug-likeness (QED) is 0.691. The van der Waals surface area contributed by atoms with Crippen LogP contribution < -0.4 is 10.2 Å². The third kappa shape index (κ3) is 5.98. The van der Waals surface area contributed by atoms with Crippen LogP contribution in [-0.2, 0) is 11.3 Å². The van der Waals surface area contributed by atoms with Crippen LogP contribution in [0.25, 0.3) is 0 Å². The van der Waals surface area contributed by atoms with Crippen molar-refractivity contribution in [2.24, 2.45) is 0 Å². The van der Waals surface area contributed by atoms with Gasteiger partial charge >= 0.3 is 0 Å². The fraction of sp³-hybridized carbons (Fsp3) is 0.714. The van der Waals surface area contributed by atoms with E-state index in [1.54, 1.807) is 0 Å². The van der Waals surface area contributed by atoms with Crippen molar-refractivity contribution < 1.29 is 4.74 Å². The summed E-state index contributed by atoms with van der Waals surface area (Å²) in [6.07, 6.45) is 3.63. The Balaban J connectivity index is 2.61. The Bertz CT molecular complexity index is 357. The van der Waals surface area contributed by atoms with Gasteiger partial charge in [-0.3, -0.25) is 4.98 Å². The van der Waals surface area contributed by atoms with Crippen molar-refractivity contribution in [3.05, 3.63) is 18.1 Å². The van der Waals surface area contributed by atoms with Gasteiger partial charge in [0.05, 0.1) is 18.5 Å². The van der Waals surface area contributed by atoms with E-state index in [-0.39, 0.29) is 0 Å². The Hall–Kier alpha value is -1.20. The monoisotopic (exact) mass is 266 g/mol. The lowest BCUT2D eigenvalue weighted by Crippen LogP contribution is -2.29. The van der Waals surface area contributed by atoms with E-state index in [2.05, 4.69) is 41.0 Å². The zero-order chi connectivity index (χ0) is 14.1. The molecule has 0 saturated heterocycles. The lowest BCUT2D eigenvalue weighted by molar-refractivity contribution is 0.154. The van der Waals surface area contributed by atoms with Gasteiger partial charge in [0.2, 0.25) is 0 Å². The van der Waals surface area contributed by atoms with E-state index in [4.69, 9.17) is 4.74 Å². The smallest absolute Gasteiger partial charge is 0.147 e. The highest BCUT2D eigenvalue weighted by Crippen LogP contribution is 2.09. The van der Waals surface area contributed by atoms with Crippen molar-refractivity contribution in [1.82, 2.24) is 15.3 Å². The first kappa shape index (κ1) is 15.9. The molecule has 1 aromatic rings. The maximum absolute atomic E-state index is 5.39. The predicted molar refractivity (Wildman–Crippen MR) is 78.4 cm³/mol. The van der Waals surface area contributed by atoms with Gasteiger partial charge in [-0.2, -0.15) is 0 Å². The number of rotatable bonds is 9. The molecule has 0 aliphatic rings. The van der Waals surface area contributed by atoms with Crippen molar-refractivity contribution in [3.8, 4) is 0 Å². The largest absolute Gasteiger partial charge is 0.380 e. The highest BCUT2D eigenvalue weighted by Gasteiger charge is 2.07. The molecule has 0 spiro atoms. The number of hydrogen-bond donors (Lipinski definition) is 1. The summed E-state index contributed by atoms with van der Waals surface area (Å²) in [5, 5.41) is 3.35. The van der Waals surface area contributed by atoms with Crippen LogP contribution in [0.15, 0.2) is 12.4 Å². The van der Waals surface area contributed by atoms with Gasteiger partial charge < -0.3 is 15.0 Å². The first-order valence-corrected chi connectivity index (χ1v) is 7.04. The third-order valence-electron chi connectivity index (χ3n) is 2.78. The Labute approximate surface area is 116 Å². The molecule has 1 rings (SSSR count). The maximum Gasteiger partial charge on any atom is 0.147 e. The van der Waals surface area contributed by atoms with Gasteiger partial charge in [-0.05, 0) is 13.8 Å². The summed E-state index contributed by atoms with van der Waals surface area (Å²) in [4.78, 5) is 11.1. The second kappa shape index (κ2) is 8.82. The number of aromatic nitrogens is 2. The average Bonchev–Trinajstić information content (AvgIpc) is 2.42. The number of nitrogens with one attached hydrogen (secondary N) is 1. The molecule has 0 aliphatic carbocycles. The van der Waals surface area contributed by atoms with E-state index in [1.807, 2.05) is 19.3 Å². The van der Waals surface area contributed by atoms with Gasteiger partial charge in [-0.15, -0.1) is 0 Å². The summed E-state index contributed by atoms with van der Waals surface area (Å²) < 4.78 is 5.39. The van der Waals surface area contributed by atoms with Crippen molar-refractivity contribution in [1.29, 1.82) is 0 Å². The van der Waals surface area contributed by atoms with Gasteiger partial charge in [-0.1, -0.05) is 13.8 Å². The molecule has 0 aromatic carbocycles. The van der Waals surface area contributed by atoms with Gasteiger partial charge in [-0.25, -0.2) is 4.98 Å². The minimum absolute atomic E-state index is 0.450. The molecular formula is C14H26N4O. The Morgan fingerprint density at radius 3 is 2.74 bits per heavy atom. The van der Waals surface area contributed by atoms with Gasteiger partial charge in [0, 0.05) is 38.5 Å². The zero-order valence-corrected chi connectivity index (χ0v) is 12.5. The first-order valence-electron chi connectivity index (χ1n) is 7.04. The minimum Gasteiger partial charge on any atom is -0.380 e. The molecule has 5 nitrogen and oxygen atoms in total. The van der Waals surface area contributed by atoms with Crippen LogP contribution in [0.4, 0.5) is 5.82 Å². The van der Waals surface area contributed by atoms with Gasteiger partial charge in [0.25, 0.3) is 0 Å². The van der Waals surface area contributed by atoms with E-state index < -0.39 is 0 Å². The summed E-state index contributed by atoms with van der Waals surface area (Å²) >= 11 is 0. The molecule has 1 heterocycles. The van der Waals surface area contributed by atoms with E-state index in [0.717, 1.165) is 44.4 Å². The number of likely N-dealkylation sites (N-methyl/N-ethyl adjacent to an activating group) is 1. The lowest BCUT2D eigenvalue weighted by Gasteiger charge is -2.22. The fourth-order valence-electron chi connectivity index (χ4n) is 1.69. The highest BCUT2D eigenvalue weighted by atomic mass is 16.5. The molecule has 108 valence electrons. The van der Waals surface area contributed by atoms with E-state index in [0.29, 0.717) is 6.04 Å². The van der Waals surface area contributed by atoms with Crippen LogP contribution in [0.5, 0.6) is 0 Å². The number of hydrogen-bond acceptors (Lipinski definition) is 5. The third-order valence-corrected chi connectivity index (χ3v) is 2.78. The second-order valence-corrected chi connectivity index (χ2v) is 4.68. The van der Waals surface area contributed by atoms with Crippen molar-refractivity contribution >= 4 is 5.82 Å². The lowest BCUT2D eigenvalue weighted by atomic mass is 10.3. The van der Waals surface area contributed by atoms with Crippen LogP contribution in [0.2, 0.25) is 0 Å². The maximum atomic E-state index is 5.39. The van der Waals surface area contributed by atoms with Gasteiger partial charge in [0.15, 0.2) is 0 Å². The standard InChI is InChI=1S/C14H26N4O/c1-5-18(7-8-19-6-2)14-11-15-9-13(17-14)10-16-12(3)4/h9,11-12,16H,5-8,10H2,1-4H3. The summed E-state index contributed by atoms with van der Waals surface area (Å²) in [6.45, 7) is 12.4. The predicted octanol–water partition coefficient (Wildman–Crippen LogP) is 1.84. The highest BCUT2D eigenvalue weighted by molar-refractivity contribution is 5.36. The van der Waals surface area contributed by atoms with Crippen molar-refractivity contribution in [2.75, 3.05) is 31.2 Å². The number of ether oxygens (including phenoxy) is 1. The molecule has 0 unspecified atom stereocenters. The number of nitrogens with zero attached hydrogens (tertiary/aromatic N) is 3. The molecule has 0 fully saturated rings. The zero-order valence-electron chi connectivity index (χ0n) is 12.5. The Morgan fingerprint density at radius 1 is 1.32 bits per heavy atom. The second-order valence-electron chi connectivity index (χ2n) is 4.68. The van der Waals surface area contributed by atoms with Crippen molar-refractivity contribution in [3.63, 3.8) is 0 Å². The SMILES string of the molecule is CCOCCN(CC)c1cncc(CNC(C)C)n1. The molecule has 0 saturated carbocycles. The van der Waals surface area contributed by atoms with Crippen LogP contribution in [0, 0.1) is 0 Å². The molecule has 1 N–H and O–H groups in total. The van der Waals surface area contributed by atoms with Crippen molar-refractivity contribution in [2.45, 2.75) is 40.3 Å². The average molecular weight is 266 g/mol. The Morgan fingerprint density at radius 2 is 2.11 bits per heavy atom. The molecule has 0 amide bonds. The first-order chi connectivity index (χ1) is 9.17. The van der Waals surface area contributed by atoms with Crippen LogP contribution in [-0.4, -0.2) is 42.3 Å². The molecule has 1 aromatic heterocycles. The van der Waals surface area contributed by atoms with E-state index >= 15 is 0 Å². The summed E-state index contributed by atoms with van der Waals surface area (Å²) in [5.41, 5.74) is 0.973. The molecule has 5 heteroatoms. The fourth-order valence-corrected chi connectivity index (χ4v) is 1.69.